The zero-order valence-corrected chi connectivity index (χ0v) is 9.89. The van der Waals surface area contributed by atoms with E-state index in [-0.39, 0.29) is 11.4 Å². The summed E-state index contributed by atoms with van der Waals surface area (Å²) in [4.78, 5) is 15.1. The van der Waals surface area contributed by atoms with E-state index in [1.165, 1.54) is 10.9 Å². The fourth-order valence-electron chi connectivity index (χ4n) is 1.72. The van der Waals surface area contributed by atoms with Gasteiger partial charge in [0, 0.05) is 16.3 Å². The topological polar surface area (TPSA) is 94.0 Å². The lowest BCUT2D eigenvalue weighted by atomic mass is 10.3. The number of carboxylic acids is 1. The summed E-state index contributed by atoms with van der Waals surface area (Å²) in [5.41, 5.74) is 5.57. The number of aromatic nitrogens is 3. The third-order valence-corrected chi connectivity index (χ3v) is 3.40. The van der Waals surface area contributed by atoms with Gasteiger partial charge in [-0.1, -0.05) is 0 Å². The van der Waals surface area contributed by atoms with Crippen molar-refractivity contribution in [2.24, 2.45) is 0 Å². The molecule has 3 aromatic heterocycles. The zero-order valence-electron chi connectivity index (χ0n) is 9.07. The predicted molar refractivity (Wildman–Crippen MR) is 68.1 cm³/mol. The van der Waals surface area contributed by atoms with Gasteiger partial charge < -0.3 is 10.8 Å². The molecule has 0 unspecified atom stereocenters. The third-order valence-electron chi connectivity index (χ3n) is 2.52. The molecule has 3 rings (SSSR count). The number of nitrogens with two attached hydrogens (primary N) is 1. The number of carboxylic acid groups (broad SMARTS) is 1. The molecule has 0 aromatic carbocycles. The largest absolute Gasteiger partial charge is 0.476 e. The van der Waals surface area contributed by atoms with Crippen LogP contribution in [0.25, 0.3) is 15.9 Å². The van der Waals surface area contributed by atoms with Crippen molar-refractivity contribution in [3.05, 3.63) is 35.6 Å². The minimum atomic E-state index is -1.15. The summed E-state index contributed by atoms with van der Waals surface area (Å²) >= 11 is 1.58. The maximum Gasteiger partial charge on any atom is 0.358 e. The number of pyridine rings is 1. The molecule has 3 heterocycles. The van der Waals surface area contributed by atoms with Crippen molar-refractivity contribution >= 4 is 33.1 Å². The van der Waals surface area contributed by atoms with Crippen molar-refractivity contribution in [1.82, 2.24) is 14.8 Å². The van der Waals surface area contributed by atoms with Gasteiger partial charge in [-0.2, -0.15) is 5.10 Å². The summed E-state index contributed by atoms with van der Waals surface area (Å²) in [5, 5.41) is 15.7. The molecule has 3 aromatic rings. The van der Waals surface area contributed by atoms with Crippen LogP contribution in [0.5, 0.6) is 0 Å². The van der Waals surface area contributed by atoms with Gasteiger partial charge in [-0.15, -0.1) is 11.3 Å². The van der Waals surface area contributed by atoms with Crippen molar-refractivity contribution in [3.8, 4) is 5.82 Å². The van der Waals surface area contributed by atoms with Gasteiger partial charge in [-0.25, -0.2) is 14.5 Å². The molecule has 0 aliphatic heterocycles. The van der Waals surface area contributed by atoms with Crippen LogP contribution in [0, 0.1) is 0 Å². The number of hydrogen-bond acceptors (Lipinski definition) is 5. The highest BCUT2D eigenvalue weighted by Gasteiger charge is 2.15. The smallest absolute Gasteiger partial charge is 0.358 e. The molecule has 0 atom stereocenters. The molecule has 0 bridgehead atoms. The standard InChI is InChI=1S/C11H8N4O2S/c12-7-5-15(14-9(7)11(16)17)10-6-2-4-18-8(6)1-3-13-10/h1-5H,12H2,(H,16,17). The van der Waals surface area contributed by atoms with Gasteiger partial charge in [0.05, 0.1) is 11.9 Å². The fourth-order valence-corrected chi connectivity index (χ4v) is 2.50. The third kappa shape index (κ3) is 1.52. The van der Waals surface area contributed by atoms with Crippen LogP contribution >= 0.6 is 11.3 Å². The first kappa shape index (κ1) is 10.7. The Morgan fingerprint density at radius 1 is 1.44 bits per heavy atom. The van der Waals surface area contributed by atoms with Crippen LogP contribution in [0.1, 0.15) is 10.5 Å². The molecule has 18 heavy (non-hydrogen) atoms. The Labute approximate surface area is 105 Å². The number of nitrogen functional groups attached to an aromatic ring is 1. The van der Waals surface area contributed by atoms with Gasteiger partial charge in [-0.3, -0.25) is 0 Å². The lowest BCUT2D eigenvalue weighted by Gasteiger charge is -2.00. The Morgan fingerprint density at radius 2 is 2.28 bits per heavy atom. The maximum atomic E-state index is 10.9. The Hall–Kier alpha value is -2.41. The van der Waals surface area contributed by atoms with Crippen LogP contribution in [0.15, 0.2) is 29.9 Å². The quantitative estimate of drug-likeness (QED) is 0.732. The molecule has 0 saturated heterocycles. The van der Waals surface area contributed by atoms with Crippen LogP contribution in [0.2, 0.25) is 0 Å². The fraction of sp³-hybridized carbons (Fsp3) is 0. The van der Waals surface area contributed by atoms with E-state index in [0.29, 0.717) is 5.82 Å². The summed E-state index contributed by atoms with van der Waals surface area (Å²) < 4.78 is 2.46. The maximum absolute atomic E-state index is 10.9. The van der Waals surface area contributed by atoms with Crippen molar-refractivity contribution in [2.45, 2.75) is 0 Å². The number of hydrogen-bond donors (Lipinski definition) is 2. The molecule has 0 aliphatic rings. The summed E-state index contributed by atoms with van der Waals surface area (Å²) in [7, 11) is 0. The van der Waals surface area contributed by atoms with Gasteiger partial charge in [0.1, 0.15) is 0 Å². The number of thiophene rings is 1. The highest BCUT2D eigenvalue weighted by atomic mass is 32.1. The monoisotopic (exact) mass is 260 g/mol. The van der Waals surface area contributed by atoms with E-state index >= 15 is 0 Å². The summed E-state index contributed by atoms with van der Waals surface area (Å²) in [5.74, 6) is -0.573. The van der Waals surface area contributed by atoms with E-state index in [1.54, 1.807) is 17.5 Å². The van der Waals surface area contributed by atoms with Crippen LogP contribution in [0.3, 0.4) is 0 Å². The van der Waals surface area contributed by atoms with Crippen LogP contribution in [-0.2, 0) is 0 Å². The first-order valence-electron chi connectivity index (χ1n) is 5.08. The van der Waals surface area contributed by atoms with E-state index in [0.717, 1.165) is 10.1 Å². The van der Waals surface area contributed by atoms with Gasteiger partial charge in [-0.05, 0) is 17.5 Å². The second-order valence-electron chi connectivity index (χ2n) is 3.65. The number of nitrogens with zero attached hydrogens (tertiary/aromatic N) is 3. The second-order valence-corrected chi connectivity index (χ2v) is 4.60. The lowest BCUT2D eigenvalue weighted by Crippen LogP contribution is -2.03. The van der Waals surface area contributed by atoms with Crippen LogP contribution in [0.4, 0.5) is 5.69 Å². The highest BCUT2D eigenvalue weighted by Crippen LogP contribution is 2.25. The molecular weight excluding hydrogens is 252 g/mol. The highest BCUT2D eigenvalue weighted by molar-refractivity contribution is 7.17. The number of aromatic carboxylic acids is 1. The molecular formula is C11H8N4O2S. The normalized spacial score (nSPS) is 10.9. The van der Waals surface area contributed by atoms with E-state index in [2.05, 4.69) is 10.1 Å². The first-order valence-corrected chi connectivity index (χ1v) is 5.96. The Morgan fingerprint density at radius 3 is 3.00 bits per heavy atom. The number of rotatable bonds is 2. The molecule has 0 fully saturated rings. The van der Waals surface area contributed by atoms with Crippen LogP contribution < -0.4 is 5.73 Å². The number of fused-ring (bicyclic) bond motifs is 1. The predicted octanol–water partition coefficient (Wildman–Crippen LogP) is 1.76. The molecule has 3 N–H and O–H groups in total. The summed E-state index contributed by atoms with van der Waals surface area (Å²) in [6.07, 6.45) is 3.12. The molecule has 0 amide bonds. The SMILES string of the molecule is Nc1cn(-c2nccc3sccc23)nc1C(=O)O. The number of anilines is 1. The van der Waals surface area contributed by atoms with Gasteiger partial charge in [0.25, 0.3) is 0 Å². The molecule has 0 radical (unpaired) electrons. The Bertz CT molecular complexity index is 746. The van der Waals surface area contributed by atoms with Crippen molar-refractivity contribution in [3.63, 3.8) is 0 Å². The lowest BCUT2D eigenvalue weighted by molar-refractivity contribution is 0.0691. The van der Waals surface area contributed by atoms with E-state index in [4.69, 9.17) is 10.8 Å². The Balaban J connectivity index is 2.23. The molecule has 90 valence electrons. The van der Waals surface area contributed by atoms with E-state index in [9.17, 15) is 4.79 Å². The molecule has 7 heteroatoms. The zero-order chi connectivity index (χ0) is 12.7. The molecule has 0 aliphatic carbocycles. The minimum Gasteiger partial charge on any atom is -0.476 e. The van der Waals surface area contributed by atoms with Crippen molar-refractivity contribution in [2.75, 3.05) is 5.73 Å². The summed E-state index contributed by atoms with van der Waals surface area (Å²) in [6, 6.07) is 3.81. The average Bonchev–Trinajstić information content (AvgIpc) is 2.94. The van der Waals surface area contributed by atoms with E-state index in [1.807, 2.05) is 17.5 Å². The second kappa shape index (κ2) is 3.81. The molecule has 6 nitrogen and oxygen atoms in total. The number of carbonyl (C=O) groups is 1. The molecule has 0 spiro atoms. The molecule has 0 saturated carbocycles. The average molecular weight is 260 g/mol. The van der Waals surface area contributed by atoms with Crippen LogP contribution in [-0.4, -0.2) is 25.8 Å². The van der Waals surface area contributed by atoms with Crippen molar-refractivity contribution in [1.29, 1.82) is 0 Å². The summed E-state index contributed by atoms with van der Waals surface area (Å²) in [6.45, 7) is 0. The van der Waals surface area contributed by atoms with Crippen molar-refractivity contribution < 1.29 is 9.90 Å². The first-order chi connectivity index (χ1) is 8.66. The van der Waals surface area contributed by atoms with E-state index < -0.39 is 5.97 Å². The Kier molecular flexibility index (Phi) is 2.27. The van der Waals surface area contributed by atoms with Gasteiger partial charge in [0.2, 0.25) is 0 Å². The van der Waals surface area contributed by atoms with Gasteiger partial charge >= 0.3 is 5.97 Å². The minimum absolute atomic E-state index is 0.122. The van der Waals surface area contributed by atoms with Gasteiger partial charge in [0.15, 0.2) is 11.5 Å².